The number of hydrogen-bond donors (Lipinski definition) is 0. The van der Waals surface area contributed by atoms with Gasteiger partial charge in [-0.3, -0.25) is 4.79 Å². The average molecular weight is 545 g/mol. The van der Waals surface area contributed by atoms with Gasteiger partial charge in [0.25, 0.3) is 0 Å². The van der Waals surface area contributed by atoms with Gasteiger partial charge >= 0.3 is 5.97 Å². The fourth-order valence-corrected chi connectivity index (χ4v) is 6.36. The number of quaternary nitrogens is 1. The van der Waals surface area contributed by atoms with E-state index in [1.807, 2.05) is 67.6 Å². The highest BCUT2D eigenvalue weighted by Gasteiger charge is 2.51. The predicted octanol–water partition coefficient (Wildman–Crippen LogP) is 6.76. The minimum absolute atomic E-state index is 0.0151. The largest absolute Gasteiger partial charge is 0.365 e. The number of aromatic nitrogens is 1. The second-order valence-corrected chi connectivity index (χ2v) is 11.7. The lowest BCUT2D eigenvalue weighted by Crippen LogP contribution is -2.65. The zero-order valence-corrected chi connectivity index (χ0v) is 24.1. The smallest absolute Gasteiger partial charge is 0.333 e. The van der Waals surface area contributed by atoms with Crippen LogP contribution < -0.4 is 0 Å². The highest BCUT2D eigenvalue weighted by Crippen LogP contribution is 2.42. The molecule has 0 bridgehead atoms. The maximum absolute atomic E-state index is 13.5. The Morgan fingerprint density at radius 2 is 1.61 bits per heavy atom. The molecule has 0 amide bonds. The third kappa shape index (κ3) is 4.18. The summed E-state index contributed by atoms with van der Waals surface area (Å²) in [6.07, 6.45) is 0.775. The molecule has 0 saturated heterocycles. The van der Waals surface area contributed by atoms with Crippen molar-refractivity contribution in [3.8, 4) is 0 Å². The molecule has 6 nitrogen and oxygen atoms in total. The van der Waals surface area contributed by atoms with Gasteiger partial charge in [-0.05, 0) is 42.8 Å². The van der Waals surface area contributed by atoms with Crippen LogP contribution in [0.5, 0.6) is 0 Å². The van der Waals surface area contributed by atoms with Gasteiger partial charge in [0.05, 0.1) is 38.8 Å². The first-order valence-corrected chi connectivity index (χ1v) is 14.0. The van der Waals surface area contributed by atoms with Gasteiger partial charge in [0.15, 0.2) is 17.0 Å². The Morgan fingerprint density at radius 1 is 0.878 bits per heavy atom. The van der Waals surface area contributed by atoms with Crippen LogP contribution in [0.15, 0.2) is 96.2 Å². The van der Waals surface area contributed by atoms with Crippen molar-refractivity contribution in [1.82, 2.24) is 4.57 Å². The summed E-state index contributed by atoms with van der Waals surface area (Å²) < 4.78 is 2.94. The molecule has 1 aromatic heterocycles. The van der Waals surface area contributed by atoms with Crippen molar-refractivity contribution in [1.29, 1.82) is 0 Å². The molecule has 1 aliphatic rings. The first-order valence-electron chi connectivity index (χ1n) is 14.0. The Kier molecular flexibility index (Phi) is 6.39. The number of ketones is 1. The van der Waals surface area contributed by atoms with Crippen LogP contribution in [0.4, 0.5) is 0 Å². The number of para-hydroxylation sites is 1. The van der Waals surface area contributed by atoms with E-state index in [1.165, 1.54) is 0 Å². The normalized spacial score (nSPS) is 17.7. The van der Waals surface area contributed by atoms with Gasteiger partial charge in [-0.2, -0.15) is 0 Å². The van der Waals surface area contributed by atoms with E-state index >= 15 is 0 Å². The fourth-order valence-electron chi connectivity index (χ4n) is 6.36. The van der Waals surface area contributed by atoms with Crippen LogP contribution in [0.3, 0.4) is 0 Å². The molecule has 1 aliphatic heterocycles. The van der Waals surface area contributed by atoms with Gasteiger partial charge in [0.1, 0.15) is 0 Å². The van der Waals surface area contributed by atoms with Crippen LogP contribution in [0.2, 0.25) is 0 Å². The zero-order valence-electron chi connectivity index (χ0n) is 24.1. The fraction of sp³-hybridized carbons (Fsp3) is 0.229. The number of benzene rings is 4. The molecular formula is C35H34N3O3+. The quantitative estimate of drug-likeness (QED) is 0.103. The van der Waals surface area contributed by atoms with Crippen molar-refractivity contribution in [2.45, 2.75) is 32.4 Å². The van der Waals surface area contributed by atoms with Crippen LogP contribution in [0.1, 0.15) is 50.8 Å². The molecule has 206 valence electrons. The topological polar surface area (TPSA) is 60.7 Å². The second kappa shape index (κ2) is 9.82. The summed E-state index contributed by atoms with van der Waals surface area (Å²) in [5.41, 5.74) is 6.12. The SMILES string of the molecule is CCC1([N+](C)(C)C)Cn2c3ccc(C(=O)c4ccccc4C)cc3c3cccc(c32)/C1=N/OC(=O)c1ccccc1. The third-order valence-corrected chi connectivity index (χ3v) is 8.75. The van der Waals surface area contributed by atoms with Crippen molar-refractivity contribution in [3.05, 3.63) is 119 Å². The highest BCUT2D eigenvalue weighted by atomic mass is 16.7. The van der Waals surface area contributed by atoms with Gasteiger partial charge in [0, 0.05) is 39.4 Å². The van der Waals surface area contributed by atoms with Crippen molar-refractivity contribution >= 4 is 39.3 Å². The molecule has 0 aliphatic carbocycles. The van der Waals surface area contributed by atoms with Crippen molar-refractivity contribution in [3.63, 3.8) is 0 Å². The second-order valence-electron chi connectivity index (χ2n) is 11.7. The maximum atomic E-state index is 13.5. The Balaban J connectivity index is 1.55. The van der Waals surface area contributed by atoms with Crippen LogP contribution >= 0.6 is 0 Å². The molecule has 6 rings (SSSR count). The van der Waals surface area contributed by atoms with Crippen LogP contribution in [-0.4, -0.2) is 53.2 Å². The number of fused-ring (bicyclic) bond motifs is 3. The molecule has 5 aromatic rings. The number of rotatable bonds is 6. The Hall–Kier alpha value is -4.55. The molecule has 0 radical (unpaired) electrons. The molecule has 41 heavy (non-hydrogen) atoms. The van der Waals surface area contributed by atoms with Crippen LogP contribution in [0, 0.1) is 6.92 Å². The summed E-state index contributed by atoms with van der Waals surface area (Å²) >= 11 is 0. The Morgan fingerprint density at radius 3 is 2.32 bits per heavy atom. The molecule has 4 aromatic carbocycles. The first kappa shape index (κ1) is 26.7. The summed E-state index contributed by atoms with van der Waals surface area (Å²) in [5, 5.41) is 6.69. The van der Waals surface area contributed by atoms with Gasteiger partial charge in [-0.1, -0.05) is 72.7 Å². The lowest BCUT2D eigenvalue weighted by molar-refractivity contribution is -0.912. The minimum Gasteiger partial charge on any atom is -0.333 e. The molecule has 0 fully saturated rings. The predicted molar refractivity (Wildman–Crippen MR) is 164 cm³/mol. The van der Waals surface area contributed by atoms with Crippen molar-refractivity contribution < 1.29 is 18.9 Å². The standard InChI is InChI=1S/C35H34N3O3/c1-6-35(38(3,4)5)22-37-30-20-19-25(32(39)26-16-11-10-13-23(26)2)21-29(30)27-17-12-18-28(31(27)37)33(35)36-41-34(40)24-14-8-7-9-15-24/h7-21H,6,22H2,1-5H3/q+1/b36-33-. The van der Waals surface area contributed by atoms with E-state index in [2.05, 4.69) is 56.0 Å². The summed E-state index contributed by atoms with van der Waals surface area (Å²) in [7, 11) is 6.48. The van der Waals surface area contributed by atoms with Crippen LogP contribution in [0.25, 0.3) is 21.8 Å². The molecule has 1 atom stereocenters. The minimum atomic E-state index is -0.484. The van der Waals surface area contributed by atoms with E-state index < -0.39 is 11.5 Å². The van der Waals surface area contributed by atoms with E-state index in [1.54, 1.807) is 12.1 Å². The number of oxime groups is 1. The summed E-state index contributed by atoms with van der Waals surface area (Å²) in [6, 6.07) is 28.8. The molecule has 2 heterocycles. The number of likely N-dealkylation sites (N-methyl/N-ethyl adjacent to an activating group) is 1. The van der Waals surface area contributed by atoms with Gasteiger partial charge < -0.3 is 13.9 Å². The molecule has 6 heteroatoms. The first-order chi connectivity index (χ1) is 19.7. The number of nitrogens with zero attached hydrogens (tertiary/aromatic N) is 3. The van der Waals surface area contributed by atoms with Gasteiger partial charge in [-0.25, -0.2) is 4.79 Å². The van der Waals surface area contributed by atoms with E-state index in [0.29, 0.717) is 27.7 Å². The summed E-state index contributed by atoms with van der Waals surface area (Å²) in [4.78, 5) is 32.1. The van der Waals surface area contributed by atoms with Crippen LogP contribution in [-0.2, 0) is 11.4 Å². The Bertz CT molecular complexity index is 1860. The lowest BCUT2D eigenvalue weighted by atomic mass is 9.80. The van der Waals surface area contributed by atoms with Crippen molar-refractivity contribution in [2.75, 3.05) is 21.1 Å². The van der Waals surface area contributed by atoms with Gasteiger partial charge in [-0.15, -0.1) is 0 Å². The number of carbonyl (C=O) groups excluding carboxylic acids is 2. The molecule has 0 spiro atoms. The third-order valence-electron chi connectivity index (χ3n) is 8.75. The van der Waals surface area contributed by atoms with Crippen molar-refractivity contribution in [2.24, 2.45) is 5.16 Å². The average Bonchev–Trinajstić information content (AvgIpc) is 3.29. The molecule has 1 unspecified atom stereocenters. The maximum Gasteiger partial charge on any atom is 0.365 e. The highest BCUT2D eigenvalue weighted by molar-refractivity contribution is 6.22. The van der Waals surface area contributed by atoms with Gasteiger partial charge in [0.2, 0.25) is 0 Å². The molecular weight excluding hydrogens is 510 g/mol. The van der Waals surface area contributed by atoms with E-state index in [0.717, 1.165) is 45.1 Å². The lowest BCUT2D eigenvalue weighted by Gasteiger charge is -2.48. The molecule has 0 saturated carbocycles. The number of hydrogen-bond acceptors (Lipinski definition) is 4. The summed E-state index contributed by atoms with van der Waals surface area (Å²) in [5.74, 6) is -0.469. The zero-order chi connectivity index (χ0) is 28.9. The summed E-state index contributed by atoms with van der Waals surface area (Å²) in [6.45, 7) is 4.78. The monoisotopic (exact) mass is 544 g/mol. The van der Waals surface area contributed by atoms with E-state index in [-0.39, 0.29) is 5.78 Å². The van der Waals surface area contributed by atoms with E-state index in [9.17, 15) is 9.59 Å². The molecule has 0 N–H and O–H groups in total. The number of aryl methyl sites for hydroxylation is 1. The van der Waals surface area contributed by atoms with E-state index in [4.69, 9.17) is 4.84 Å². The number of carbonyl (C=O) groups is 2. The Labute approximate surface area is 240 Å².